The van der Waals surface area contributed by atoms with Crippen molar-refractivity contribution in [3.8, 4) is 0 Å². The van der Waals surface area contributed by atoms with E-state index in [0.29, 0.717) is 41.1 Å². The molecule has 1 heterocycles. The van der Waals surface area contributed by atoms with E-state index in [-0.39, 0.29) is 25.6 Å². The number of likely N-dealkylation sites (N-methyl/N-ethyl adjacent to an activating group) is 1. The van der Waals surface area contributed by atoms with Crippen LogP contribution in [0.25, 0.3) is 0 Å². The zero-order valence-corrected chi connectivity index (χ0v) is 34.3. The fraction of sp³-hybridized carbons (Fsp3) is 0.683. The van der Waals surface area contributed by atoms with Crippen LogP contribution in [0.2, 0.25) is 5.02 Å². The maximum Gasteiger partial charge on any atom is 0.237 e. The van der Waals surface area contributed by atoms with Gasteiger partial charge in [0.15, 0.2) is 0 Å². The van der Waals surface area contributed by atoms with Crippen LogP contribution in [0.3, 0.4) is 0 Å². The van der Waals surface area contributed by atoms with Gasteiger partial charge in [-0.15, -0.1) is 0 Å². The van der Waals surface area contributed by atoms with Crippen LogP contribution in [-0.2, 0) is 29.3 Å². The van der Waals surface area contributed by atoms with Crippen LogP contribution in [0.5, 0.6) is 0 Å². The van der Waals surface area contributed by atoms with Gasteiger partial charge in [-0.3, -0.25) is 14.5 Å². The number of carbonyl (C=O) groups excluding carboxylic acids is 1. The second kappa shape index (κ2) is 22.8. The Bertz CT molecular complexity index is 1260. The van der Waals surface area contributed by atoms with Gasteiger partial charge < -0.3 is 20.8 Å². The topological polar surface area (TPSA) is 102 Å². The van der Waals surface area contributed by atoms with Gasteiger partial charge in [-0.1, -0.05) is 117 Å². The Kier molecular flexibility index (Phi) is 21.0. The number of carbonyl (C=O) groups is 1. The van der Waals surface area contributed by atoms with Crippen LogP contribution >= 0.6 is 11.6 Å². The predicted molar refractivity (Wildman–Crippen MR) is 209 cm³/mol. The molecule has 0 radical (unpaired) electrons. The average molecular weight is 737 g/mol. The summed E-state index contributed by atoms with van der Waals surface area (Å²) in [5, 5.41) is 21.1. The van der Waals surface area contributed by atoms with Gasteiger partial charge in [0, 0.05) is 42.7 Å². The fourth-order valence-corrected chi connectivity index (χ4v) is 6.64. The zero-order valence-electron chi connectivity index (χ0n) is 33.5. The number of halogens is 2. The van der Waals surface area contributed by atoms with Crippen molar-refractivity contribution in [2.45, 2.75) is 120 Å². The van der Waals surface area contributed by atoms with E-state index in [1.165, 1.54) is 36.8 Å². The molecule has 8 nitrogen and oxygen atoms in total. The van der Waals surface area contributed by atoms with Crippen molar-refractivity contribution in [2.24, 2.45) is 28.4 Å². The van der Waals surface area contributed by atoms with Crippen LogP contribution in [-0.4, -0.2) is 83.5 Å². The molecule has 0 aromatic heterocycles. The first-order valence-corrected chi connectivity index (χ1v) is 19.0. The minimum Gasteiger partial charge on any atom is -0.396 e. The monoisotopic (exact) mass is 737 g/mol. The summed E-state index contributed by atoms with van der Waals surface area (Å²) in [5.74, 6) is -0.573. The van der Waals surface area contributed by atoms with Gasteiger partial charge in [0.25, 0.3) is 0 Å². The molecule has 51 heavy (non-hydrogen) atoms. The summed E-state index contributed by atoms with van der Waals surface area (Å²) in [6.45, 7) is 21.9. The Morgan fingerprint density at radius 3 is 2.14 bits per heavy atom. The first kappa shape index (κ1) is 46.9. The summed E-state index contributed by atoms with van der Waals surface area (Å²) in [6.07, 6.45) is 5.09. The first-order chi connectivity index (χ1) is 23.8. The van der Waals surface area contributed by atoms with Crippen LogP contribution in [0.15, 0.2) is 42.5 Å². The SMILES string of the molecule is CC.CC(C)(C)C.CC1CCCC(C)(C)C1.CN(C)CCN(Cc1cccc(CN2OC(CO)C(CO)C2C(N)=O)c1)Cc1c(F)cccc1Cl. The molecule has 1 aliphatic heterocycles. The molecule has 1 saturated carbocycles. The number of hydrogen-bond acceptors (Lipinski definition) is 7. The summed E-state index contributed by atoms with van der Waals surface area (Å²) < 4.78 is 14.4. The van der Waals surface area contributed by atoms with Gasteiger partial charge in [0.05, 0.1) is 19.8 Å². The van der Waals surface area contributed by atoms with E-state index in [2.05, 4.69) is 58.3 Å². The molecule has 0 spiro atoms. The zero-order chi connectivity index (χ0) is 38.9. The number of hydrogen-bond donors (Lipinski definition) is 3. The van der Waals surface area contributed by atoms with Gasteiger partial charge >= 0.3 is 0 Å². The molecule has 1 aliphatic carbocycles. The highest BCUT2D eigenvalue weighted by atomic mass is 35.5. The average Bonchev–Trinajstić information content (AvgIpc) is 3.39. The summed E-state index contributed by atoms with van der Waals surface area (Å²) in [6, 6.07) is 11.6. The highest BCUT2D eigenvalue weighted by Gasteiger charge is 2.45. The molecule has 4 N–H and O–H groups in total. The lowest BCUT2D eigenvalue weighted by atomic mass is 9.73. The van der Waals surface area contributed by atoms with Crippen molar-refractivity contribution in [1.29, 1.82) is 0 Å². The normalized spacial score (nSPS) is 21.6. The van der Waals surface area contributed by atoms with E-state index in [1.807, 2.05) is 52.2 Å². The van der Waals surface area contributed by atoms with Gasteiger partial charge in [0.1, 0.15) is 18.0 Å². The molecule has 2 aliphatic rings. The second-order valence-corrected chi connectivity index (χ2v) is 16.9. The molecule has 1 amide bonds. The Labute approximate surface area is 314 Å². The quantitative estimate of drug-likeness (QED) is 0.204. The molecule has 4 unspecified atom stereocenters. The van der Waals surface area contributed by atoms with Crippen LogP contribution in [0.1, 0.15) is 105 Å². The highest BCUT2D eigenvalue weighted by molar-refractivity contribution is 6.31. The van der Waals surface area contributed by atoms with Crippen molar-refractivity contribution in [1.82, 2.24) is 14.9 Å². The summed E-state index contributed by atoms with van der Waals surface area (Å²) >= 11 is 6.28. The third-order valence-corrected chi connectivity index (χ3v) is 8.99. The minimum atomic E-state index is -0.847. The molecule has 0 bridgehead atoms. The number of amides is 1. The van der Waals surface area contributed by atoms with Crippen molar-refractivity contribution in [3.63, 3.8) is 0 Å². The largest absolute Gasteiger partial charge is 0.396 e. The maximum atomic E-state index is 14.4. The smallest absolute Gasteiger partial charge is 0.237 e. The number of aliphatic hydroxyl groups is 2. The molecular formula is C41H70ClFN4O4. The van der Waals surface area contributed by atoms with Crippen LogP contribution in [0, 0.1) is 28.5 Å². The Hall–Kier alpha value is -2.11. The number of benzene rings is 2. The maximum absolute atomic E-state index is 14.4. The molecule has 4 rings (SSSR count). The lowest BCUT2D eigenvalue weighted by Crippen LogP contribution is -2.44. The molecule has 1 saturated heterocycles. The molecule has 2 aromatic rings. The molecule has 4 atom stereocenters. The first-order valence-electron chi connectivity index (χ1n) is 18.7. The van der Waals surface area contributed by atoms with Crippen LogP contribution in [0.4, 0.5) is 4.39 Å². The number of hydroxylamine groups is 2. The second-order valence-electron chi connectivity index (χ2n) is 16.5. The van der Waals surface area contributed by atoms with E-state index in [9.17, 15) is 19.4 Å². The standard InChI is InChI=1S/C25H34ClFN4O4.C9H18.C5H12.C2H6/c1-29(2)9-10-30(14-19-21(26)7-4-8-22(19)27)12-17-5-3-6-18(11-17)13-31-24(25(28)34)20(15-32)23(16-33)35-31;1-8-5-4-6-9(2,3)7-8;1-5(2,3)4;1-2/h3-8,11,20,23-24,32-33H,9-10,12-16H2,1-2H3,(H2,28,34);8H,4-7H2,1-3H3;1-4H3;1-2H3. The van der Waals surface area contributed by atoms with Gasteiger partial charge in [-0.25, -0.2) is 4.39 Å². The summed E-state index contributed by atoms with van der Waals surface area (Å²) in [4.78, 5) is 22.0. The van der Waals surface area contributed by atoms with Crippen molar-refractivity contribution in [2.75, 3.05) is 40.4 Å². The van der Waals surface area contributed by atoms with Gasteiger partial charge in [0.2, 0.25) is 5.91 Å². The predicted octanol–water partition coefficient (Wildman–Crippen LogP) is 7.91. The number of nitrogens with zero attached hydrogens (tertiary/aromatic N) is 3. The van der Waals surface area contributed by atoms with E-state index in [1.54, 1.807) is 12.1 Å². The van der Waals surface area contributed by atoms with E-state index < -0.39 is 24.0 Å². The molecule has 10 heteroatoms. The number of primary amides is 1. The summed E-state index contributed by atoms with van der Waals surface area (Å²) in [7, 11) is 3.97. The molecule has 2 aromatic carbocycles. The Morgan fingerprint density at radius 2 is 1.65 bits per heavy atom. The lowest BCUT2D eigenvalue weighted by Gasteiger charge is -2.33. The van der Waals surface area contributed by atoms with E-state index in [4.69, 9.17) is 22.2 Å². The molecule has 2 fully saturated rings. The number of aliphatic hydroxyl groups excluding tert-OH is 2. The van der Waals surface area contributed by atoms with Gasteiger partial charge in [-0.05, 0) is 66.9 Å². The van der Waals surface area contributed by atoms with Crippen molar-refractivity contribution < 1.29 is 24.2 Å². The number of nitrogens with two attached hydrogens (primary N) is 1. The van der Waals surface area contributed by atoms with Crippen molar-refractivity contribution >= 4 is 17.5 Å². The number of rotatable bonds is 12. The minimum absolute atomic E-state index is 0.255. The third kappa shape index (κ3) is 18.0. The molecular weight excluding hydrogens is 667 g/mol. The Balaban J connectivity index is 0.000000672. The third-order valence-electron chi connectivity index (χ3n) is 8.64. The lowest BCUT2D eigenvalue weighted by molar-refractivity contribution is -0.180. The van der Waals surface area contributed by atoms with Gasteiger partial charge in [-0.2, -0.15) is 5.06 Å². The summed E-state index contributed by atoms with van der Waals surface area (Å²) in [5.41, 5.74) is 9.06. The fourth-order valence-electron chi connectivity index (χ4n) is 6.41. The van der Waals surface area contributed by atoms with E-state index in [0.717, 1.165) is 23.6 Å². The Morgan fingerprint density at radius 1 is 1.04 bits per heavy atom. The van der Waals surface area contributed by atoms with Crippen molar-refractivity contribution in [3.05, 3.63) is 70.0 Å². The highest BCUT2D eigenvalue weighted by Crippen LogP contribution is 2.38. The molecule has 292 valence electrons. The van der Waals surface area contributed by atoms with E-state index >= 15 is 0 Å². The van der Waals surface area contributed by atoms with Crippen LogP contribution < -0.4 is 5.73 Å².